The van der Waals surface area contributed by atoms with Gasteiger partial charge in [0, 0.05) is 11.1 Å². The molecule has 4 heteroatoms. The molecule has 3 rings (SSSR count). The summed E-state index contributed by atoms with van der Waals surface area (Å²) < 4.78 is 33.9. The van der Waals surface area contributed by atoms with Gasteiger partial charge in [0.15, 0.2) is 11.6 Å². The molecular formula is C19H14F2O2. The second kappa shape index (κ2) is 6.08. The van der Waals surface area contributed by atoms with Crippen LogP contribution in [0.2, 0.25) is 0 Å². The molecule has 2 nitrogen and oxygen atoms in total. The van der Waals surface area contributed by atoms with E-state index < -0.39 is 11.6 Å². The molecule has 0 saturated carbocycles. The van der Waals surface area contributed by atoms with Crippen molar-refractivity contribution in [2.45, 2.75) is 0 Å². The summed E-state index contributed by atoms with van der Waals surface area (Å²) in [5.74, 6) is -1.09. The average Bonchev–Trinajstić information content (AvgIpc) is 2.58. The summed E-state index contributed by atoms with van der Waals surface area (Å²) >= 11 is 0. The Bertz CT molecular complexity index is 825. The Kier molecular flexibility index (Phi) is 3.98. The molecule has 0 saturated heterocycles. The molecule has 3 aromatic carbocycles. The molecule has 116 valence electrons. The van der Waals surface area contributed by atoms with Gasteiger partial charge in [-0.05, 0) is 35.4 Å². The van der Waals surface area contributed by atoms with Crippen molar-refractivity contribution in [1.82, 2.24) is 0 Å². The van der Waals surface area contributed by atoms with Crippen molar-refractivity contribution in [3.8, 4) is 33.8 Å². The normalized spacial score (nSPS) is 10.6. The Labute approximate surface area is 132 Å². The van der Waals surface area contributed by atoms with Gasteiger partial charge < -0.3 is 9.84 Å². The van der Waals surface area contributed by atoms with Gasteiger partial charge in [-0.1, -0.05) is 36.4 Å². The molecule has 0 bridgehead atoms. The fourth-order valence-electron chi connectivity index (χ4n) is 2.41. The molecule has 0 unspecified atom stereocenters. The van der Waals surface area contributed by atoms with Gasteiger partial charge >= 0.3 is 0 Å². The smallest absolute Gasteiger partial charge is 0.167 e. The molecule has 0 amide bonds. The number of aromatic hydroxyl groups is 1. The second-order valence-electron chi connectivity index (χ2n) is 5.06. The highest BCUT2D eigenvalue weighted by molar-refractivity contribution is 5.72. The molecule has 3 aromatic rings. The highest BCUT2D eigenvalue weighted by atomic mass is 19.2. The van der Waals surface area contributed by atoms with E-state index in [2.05, 4.69) is 0 Å². The average molecular weight is 312 g/mol. The van der Waals surface area contributed by atoms with Crippen LogP contribution >= 0.6 is 0 Å². The molecule has 0 fully saturated rings. The van der Waals surface area contributed by atoms with Crippen molar-refractivity contribution in [1.29, 1.82) is 0 Å². The molecule has 0 aliphatic carbocycles. The van der Waals surface area contributed by atoms with Crippen molar-refractivity contribution < 1.29 is 18.6 Å². The summed E-state index contributed by atoms with van der Waals surface area (Å²) in [6.45, 7) is 0. The summed E-state index contributed by atoms with van der Waals surface area (Å²) in [5.41, 5.74) is 1.41. The first-order valence-electron chi connectivity index (χ1n) is 7.02. The third kappa shape index (κ3) is 2.88. The molecule has 0 aliphatic rings. The highest BCUT2D eigenvalue weighted by Crippen LogP contribution is 2.32. The van der Waals surface area contributed by atoms with Crippen LogP contribution in [0.5, 0.6) is 11.5 Å². The minimum atomic E-state index is -0.913. The van der Waals surface area contributed by atoms with Crippen LogP contribution in [0.15, 0.2) is 60.7 Å². The van der Waals surface area contributed by atoms with Crippen molar-refractivity contribution in [2.24, 2.45) is 0 Å². The van der Waals surface area contributed by atoms with Gasteiger partial charge in [-0.15, -0.1) is 0 Å². The quantitative estimate of drug-likeness (QED) is 0.736. The number of phenolic OH excluding ortho intramolecular Hbond substituents is 1. The van der Waals surface area contributed by atoms with Crippen LogP contribution in [0.3, 0.4) is 0 Å². The Balaban J connectivity index is 2.04. The summed E-state index contributed by atoms with van der Waals surface area (Å²) in [7, 11) is 1.54. The lowest BCUT2D eigenvalue weighted by Crippen LogP contribution is -1.94. The lowest BCUT2D eigenvalue weighted by atomic mass is 9.99. The monoisotopic (exact) mass is 312 g/mol. The van der Waals surface area contributed by atoms with Crippen LogP contribution in [-0.4, -0.2) is 12.2 Å². The predicted octanol–water partition coefficient (Wildman–Crippen LogP) is 5.01. The fraction of sp³-hybridized carbons (Fsp3) is 0.0526. The van der Waals surface area contributed by atoms with Crippen LogP contribution in [-0.2, 0) is 0 Å². The van der Waals surface area contributed by atoms with Gasteiger partial charge in [-0.2, -0.15) is 0 Å². The SMILES string of the molecule is COc1ccc(-c2ccc(-c3ccc(O)cc3)c(F)c2F)cc1. The number of methoxy groups -OCH3 is 1. The number of phenols is 1. The van der Waals surface area contributed by atoms with Gasteiger partial charge in [-0.3, -0.25) is 0 Å². The predicted molar refractivity (Wildman–Crippen MR) is 85.4 cm³/mol. The molecule has 0 radical (unpaired) electrons. The van der Waals surface area contributed by atoms with Crippen LogP contribution in [0.25, 0.3) is 22.3 Å². The number of hydrogen-bond donors (Lipinski definition) is 1. The largest absolute Gasteiger partial charge is 0.508 e. The first-order valence-corrected chi connectivity index (χ1v) is 7.02. The number of hydrogen-bond acceptors (Lipinski definition) is 2. The van der Waals surface area contributed by atoms with E-state index in [4.69, 9.17) is 4.74 Å². The summed E-state index contributed by atoms with van der Waals surface area (Å²) in [5, 5.41) is 9.28. The highest BCUT2D eigenvalue weighted by Gasteiger charge is 2.16. The second-order valence-corrected chi connectivity index (χ2v) is 5.06. The van der Waals surface area contributed by atoms with Gasteiger partial charge in [0.2, 0.25) is 0 Å². The van der Waals surface area contributed by atoms with E-state index in [0.717, 1.165) is 0 Å². The van der Waals surface area contributed by atoms with Gasteiger partial charge in [0.25, 0.3) is 0 Å². The Morgan fingerprint density at radius 1 is 0.696 bits per heavy atom. The Morgan fingerprint density at radius 3 is 1.57 bits per heavy atom. The number of rotatable bonds is 3. The molecule has 0 aliphatic heterocycles. The zero-order valence-corrected chi connectivity index (χ0v) is 12.4. The molecule has 0 atom stereocenters. The first kappa shape index (κ1) is 15.0. The minimum Gasteiger partial charge on any atom is -0.508 e. The van der Waals surface area contributed by atoms with E-state index in [-0.39, 0.29) is 16.9 Å². The Morgan fingerprint density at radius 2 is 1.13 bits per heavy atom. The number of benzene rings is 3. The van der Waals surface area contributed by atoms with Crippen LogP contribution in [0, 0.1) is 11.6 Å². The van der Waals surface area contributed by atoms with Crippen molar-refractivity contribution in [2.75, 3.05) is 7.11 Å². The standard InChI is InChI=1S/C19H14F2O2/c1-23-15-8-4-13(5-9-15)17-11-10-16(18(20)19(17)21)12-2-6-14(22)7-3-12/h2-11,22H,1H3. The van der Waals surface area contributed by atoms with Crippen LogP contribution in [0.4, 0.5) is 8.78 Å². The maximum absolute atomic E-state index is 14.4. The fourth-order valence-corrected chi connectivity index (χ4v) is 2.41. The van der Waals surface area contributed by atoms with Gasteiger partial charge in [-0.25, -0.2) is 8.78 Å². The number of halogens is 2. The van der Waals surface area contributed by atoms with Crippen molar-refractivity contribution in [3.05, 3.63) is 72.3 Å². The maximum atomic E-state index is 14.4. The summed E-state index contributed by atoms with van der Waals surface area (Å²) in [6.07, 6.45) is 0. The minimum absolute atomic E-state index is 0.0736. The van der Waals surface area contributed by atoms with Gasteiger partial charge in [0.05, 0.1) is 7.11 Å². The van der Waals surface area contributed by atoms with Crippen molar-refractivity contribution in [3.63, 3.8) is 0 Å². The summed E-state index contributed by atoms with van der Waals surface area (Å²) in [6, 6.07) is 15.8. The van der Waals surface area contributed by atoms with E-state index in [9.17, 15) is 13.9 Å². The molecule has 0 heterocycles. The zero-order valence-electron chi connectivity index (χ0n) is 12.4. The van der Waals surface area contributed by atoms with Gasteiger partial charge in [0.1, 0.15) is 11.5 Å². The van der Waals surface area contributed by atoms with E-state index >= 15 is 0 Å². The van der Waals surface area contributed by atoms with Crippen LogP contribution < -0.4 is 4.74 Å². The van der Waals surface area contributed by atoms with E-state index in [1.165, 1.54) is 18.2 Å². The first-order chi connectivity index (χ1) is 11.1. The van der Waals surface area contributed by atoms with Crippen LogP contribution in [0.1, 0.15) is 0 Å². The molecular weight excluding hydrogens is 298 g/mol. The van der Waals surface area contributed by atoms with E-state index in [1.807, 2.05) is 0 Å². The summed E-state index contributed by atoms with van der Waals surface area (Å²) in [4.78, 5) is 0. The number of ether oxygens (including phenoxy) is 1. The van der Waals surface area contributed by atoms with Crippen molar-refractivity contribution >= 4 is 0 Å². The Hall–Kier alpha value is -2.88. The lowest BCUT2D eigenvalue weighted by Gasteiger charge is -2.10. The molecule has 23 heavy (non-hydrogen) atoms. The lowest BCUT2D eigenvalue weighted by molar-refractivity contribution is 0.415. The maximum Gasteiger partial charge on any atom is 0.167 e. The van der Waals surface area contributed by atoms with E-state index in [1.54, 1.807) is 49.6 Å². The third-order valence-electron chi connectivity index (χ3n) is 3.66. The molecule has 0 spiro atoms. The van der Waals surface area contributed by atoms with E-state index in [0.29, 0.717) is 16.9 Å². The topological polar surface area (TPSA) is 29.5 Å². The zero-order chi connectivity index (χ0) is 16.4. The molecule has 0 aromatic heterocycles. The molecule has 1 N–H and O–H groups in total. The third-order valence-corrected chi connectivity index (χ3v) is 3.66.